The van der Waals surface area contributed by atoms with Crippen molar-refractivity contribution < 1.29 is 21.6 Å². The number of hydrogen-bond acceptors (Lipinski definition) is 6. The third kappa shape index (κ3) is 8.36. The van der Waals surface area contributed by atoms with Crippen LogP contribution in [0.25, 0.3) is 0 Å². The summed E-state index contributed by atoms with van der Waals surface area (Å²) in [4.78, 5) is 18.3. The van der Waals surface area contributed by atoms with E-state index in [9.17, 15) is 21.6 Å². The molecule has 4 rings (SSSR count). The van der Waals surface area contributed by atoms with Crippen molar-refractivity contribution >= 4 is 31.5 Å². The van der Waals surface area contributed by atoms with E-state index in [4.69, 9.17) is 0 Å². The number of sulfone groups is 1. The quantitative estimate of drug-likeness (QED) is 0.431. The highest BCUT2D eigenvalue weighted by molar-refractivity contribution is 7.90. The molecular formula is C29H41N3O5S2. The van der Waals surface area contributed by atoms with Crippen molar-refractivity contribution in [1.29, 1.82) is 0 Å². The van der Waals surface area contributed by atoms with Gasteiger partial charge < -0.3 is 9.80 Å². The number of hydrogen-bond donors (Lipinski definition) is 0. The molecule has 0 aliphatic carbocycles. The van der Waals surface area contributed by atoms with Crippen molar-refractivity contribution in [2.75, 3.05) is 56.7 Å². The summed E-state index contributed by atoms with van der Waals surface area (Å²) in [5.74, 6) is 0.519. The predicted octanol–water partition coefficient (Wildman–Crippen LogP) is 3.44. The lowest BCUT2D eigenvalue weighted by Gasteiger charge is -2.34. The number of anilines is 1. The molecule has 0 radical (unpaired) electrons. The summed E-state index contributed by atoms with van der Waals surface area (Å²) in [6, 6.07) is 17.0. The standard InChI is InChI=1S/C29H41N3O5S2/c1-38(34,35)28-11-9-24(10-12-28)23-25-13-19-30(20-14-25)17-6-18-32(27-7-4-3-5-8-27)29(33)26-15-21-31(22-16-26)39(2,36)37/h3-5,7-12,25-26H,6,13-23H2,1-2H3. The van der Waals surface area contributed by atoms with Gasteiger partial charge in [-0.25, -0.2) is 21.1 Å². The first-order chi connectivity index (χ1) is 18.5. The van der Waals surface area contributed by atoms with E-state index in [0.717, 1.165) is 51.0 Å². The van der Waals surface area contributed by atoms with E-state index in [0.29, 0.717) is 43.3 Å². The predicted molar refractivity (Wildman–Crippen MR) is 155 cm³/mol. The van der Waals surface area contributed by atoms with Crippen LogP contribution < -0.4 is 4.90 Å². The van der Waals surface area contributed by atoms with E-state index < -0.39 is 19.9 Å². The van der Waals surface area contributed by atoms with Crippen LogP contribution in [0.3, 0.4) is 0 Å². The minimum absolute atomic E-state index is 0.0925. The average molecular weight is 576 g/mol. The number of nitrogens with zero attached hydrogens (tertiary/aromatic N) is 3. The van der Waals surface area contributed by atoms with Crippen LogP contribution in [-0.2, 0) is 31.1 Å². The number of carbonyl (C=O) groups excluding carboxylic acids is 1. The van der Waals surface area contributed by atoms with Crippen molar-refractivity contribution in [1.82, 2.24) is 9.21 Å². The first-order valence-electron chi connectivity index (χ1n) is 13.8. The molecule has 0 saturated carbocycles. The van der Waals surface area contributed by atoms with Crippen molar-refractivity contribution in [3.63, 3.8) is 0 Å². The molecule has 0 aromatic heterocycles. The Labute approximate surface area is 234 Å². The highest BCUT2D eigenvalue weighted by Gasteiger charge is 2.32. The Bertz CT molecular complexity index is 1300. The number of benzene rings is 2. The molecule has 2 aliphatic heterocycles. The van der Waals surface area contributed by atoms with Crippen LogP contribution in [0.15, 0.2) is 59.5 Å². The molecule has 0 spiro atoms. The van der Waals surface area contributed by atoms with Crippen molar-refractivity contribution in [3.05, 3.63) is 60.2 Å². The number of piperidine rings is 2. The van der Waals surface area contributed by atoms with Gasteiger partial charge in [0.1, 0.15) is 0 Å². The molecule has 2 saturated heterocycles. The molecule has 2 aliphatic rings. The van der Waals surface area contributed by atoms with Gasteiger partial charge in [0.05, 0.1) is 11.2 Å². The molecule has 2 heterocycles. The van der Waals surface area contributed by atoms with Gasteiger partial charge in [0.15, 0.2) is 9.84 Å². The van der Waals surface area contributed by atoms with Gasteiger partial charge in [-0.1, -0.05) is 30.3 Å². The van der Waals surface area contributed by atoms with Crippen LogP contribution in [0.5, 0.6) is 0 Å². The summed E-state index contributed by atoms with van der Waals surface area (Å²) < 4.78 is 48.6. The molecule has 10 heteroatoms. The second-order valence-corrected chi connectivity index (χ2v) is 15.0. The second-order valence-electron chi connectivity index (χ2n) is 11.0. The monoisotopic (exact) mass is 575 g/mol. The maximum atomic E-state index is 13.5. The Balaban J connectivity index is 1.26. The summed E-state index contributed by atoms with van der Waals surface area (Å²) >= 11 is 0. The Kier molecular flexibility index (Phi) is 9.85. The number of sulfonamides is 1. The maximum Gasteiger partial charge on any atom is 0.230 e. The molecule has 8 nitrogen and oxygen atoms in total. The number of carbonyl (C=O) groups is 1. The molecule has 0 N–H and O–H groups in total. The summed E-state index contributed by atoms with van der Waals surface area (Å²) in [5.41, 5.74) is 2.08. The Morgan fingerprint density at radius 1 is 0.846 bits per heavy atom. The Morgan fingerprint density at radius 2 is 1.46 bits per heavy atom. The van der Waals surface area contributed by atoms with Crippen LogP contribution in [0.1, 0.15) is 37.7 Å². The third-order valence-corrected chi connectivity index (χ3v) is 10.5. The molecule has 214 valence electrons. The van der Waals surface area contributed by atoms with E-state index in [1.807, 2.05) is 47.4 Å². The highest BCUT2D eigenvalue weighted by atomic mass is 32.2. The normalized spacial score (nSPS) is 18.7. The van der Waals surface area contributed by atoms with Crippen LogP contribution >= 0.6 is 0 Å². The molecule has 0 unspecified atom stereocenters. The van der Waals surface area contributed by atoms with Crippen molar-refractivity contribution in [2.45, 2.75) is 43.4 Å². The summed E-state index contributed by atoms with van der Waals surface area (Å²) in [6.07, 6.45) is 7.62. The number of likely N-dealkylation sites (tertiary alicyclic amines) is 1. The van der Waals surface area contributed by atoms with Crippen LogP contribution in [0.4, 0.5) is 5.69 Å². The zero-order chi connectivity index (χ0) is 28.0. The molecule has 0 bridgehead atoms. The van der Waals surface area contributed by atoms with Crippen LogP contribution in [-0.4, -0.2) is 83.7 Å². The van der Waals surface area contributed by atoms with E-state index >= 15 is 0 Å². The first-order valence-corrected chi connectivity index (χ1v) is 17.6. The van der Waals surface area contributed by atoms with Gasteiger partial charge in [-0.2, -0.15) is 0 Å². The Morgan fingerprint density at radius 3 is 2.03 bits per heavy atom. The fourth-order valence-electron chi connectivity index (χ4n) is 5.70. The third-order valence-electron chi connectivity index (χ3n) is 8.05. The van der Waals surface area contributed by atoms with Gasteiger partial charge in [0.2, 0.25) is 15.9 Å². The minimum atomic E-state index is -3.22. The van der Waals surface area contributed by atoms with Gasteiger partial charge in [0, 0.05) is 37.5 Å². The molecule has 2 aromatic rings. The van der Waals surface area contributed by atoms with Crippen molar-refractivity contribution in [3.8, 4) is 0 Å². The van der Waals surface area contributed by atoms with Crippen molar-refractivity contribution in [2.24, 2.45) is 11.8 Å². The Hall–Kier alpha value is -2.27. The first kappa shape index (κ1) is 29.7. The maximum absolute atomic E-state index is 13.5. The van der Waals surface area contributed by atoms with Gasteiger partial charge in [-0.05, 0) is 93.9 Å². The summed E-state index contributed by atoms with van der Waals surface area (Å²) in [7, 11) is -6.39. The van der Waals surface area contributed by atoms with Gasteiger partial charge in [-0.3, -0.25) is 4.79 Å². The van der Waals surface area contributed by atoms with Crippen LogP contribution in [0.2, 0.25) is 0 Å². The van der Waals surface area contributed by atoms with Gasteiger partial charge in [-0.15, -0.1) is 0 Å². The summed E-state index contributed by atoms with van der Waals surface area (Å²) in [6.45, 7) is 4.41. The van der Waals surface area contributed by atoms with Crippen LogP contribution in [0, 0.1) is 11.8 Å². The molecule has 1 amide bonds. The van der Waals surface area contributed by atoms with E-state index in [-0.39, 0.29) is 11.8 Å². The lowest BCUT2D eigenvalue weighted by Crippen LogP contribution is -2.45. The SMILES string of the molecule is CS(=O)(=O)c1ccc(CC2CCN(CCCN(C(=O)C3CCN(S(C)(=O)=O)CC3)c3ccccc3)CC2)cc1. The largest absolute Gasteiger partial charge is 0.312 e. The fraction of sp³-hybridized carbons (Fsp3) is 0.552. The minimum Gasteiger partial charge on any atom is -0.312 e. The number of para-hydroxylation sites is 1. The van der Waals surface area contributed by atoms with E-state index in [2.05, 4.69) is 4.90 Å². The molecule has 39 heavy (non-hydrogen) atoms. The van der Waals surface area contributed by atoms with E-state index in [1.54, 1.807) is 12.1 Å². The molecular weight excluding hydrogens is 534 g/mol. The molecule has 0 atom stereocenters. The zero-order valence-corrected chi connectivity index (χ0v) is 24.7. The lowest BCUT2D eigenvalue weighted by atomic mass is 9.90. The fourth-order valence-corrected chi connectivity index (χ4v) is 7.21. The highest BCUT2D eigenvalue weighted by Crippen LogP contribution is 2.26. The average Bonchev–Trinajstić information content (AvgIpc) is 2.91. The smallest absolute Gasteiger partial charge is 0.230 e. The zero-order valence-electron chi connectivity index (χ0n) is 23.0. The summed E-state index contributed by atoms with van der Waals surface area (Å²) in [5, 5.41) is 0. The number of rotatable bonds is 10. The van der Waals surface area contributed by atoms with Gasteiger partial charge in [0.25, 0.3) is 0 Å². The molecule has 2 aromatic carbocycles. The second kappa shape index (κ2) is 12.9. The van der Waals surface area contributed by atoms with Gasteiger partial charge >= 0.3 is 0 Å². The molecule has 2 fully saturated rings. The number of amides is 1. The van der Waals surface area contributed by atoms with E-state index in [1.165, 1.54) is 22.4 Å². The topological polar surface area (TPSA) is 95.1 Å². The lowest BCUT2D eigenvalue weighted by molar-refractivity contribution is -0.123.